The number of likely N-dealkylation sites (tertiary alicyclic amines) is 1. The Bertz CT molecular complexity index is 1040. The number of nitriles is 1. The van der Waals surface area contributed by atoms with Crippen molar-refractivity contribution in [3.63, 3.8) is 0 Å². The number of ether oxygens (including phenoxy) is 1. The van der Waals surface area contributed by atoms with Gasteiger partial charge in [0, 0.05) is 18.0 Å². The van der Waals surface area contributed by atoms with Crippen LogP contribution in [0.4, 0.5) is 0 Å². The predicted octanol–water partition coefficient (Wildman–Crippen LogP) is 5.70. The van der Waals surface area contributed by atoms with Crippen LogP contribution in [0, 0.1) is 11.3 Å². The lowest BCUT2D eigenvalue weighted by atomic mass is 9.94. The number of nitrogens with zero attached hydrogens (tertiary/aromatic N) is 2. The lowest BCUT2D eigenvalue weighted by Gasteiger charge is -2.35. The van der Waals surface area contributed by atoms with Gasteiger partial charge in [-0.25, -0.2) is 0 Å². The number of benzene rings is 3. The number of hydrogen-bond acceptors (Lipinski definition) is 3. The number of rotatable bonds is 6. The predicted molar refractivity (Wildman–Crippen MR) is 116 cm³/mol. The molecule has 1 heterocycles. The van der Waals surface area contributed by atoms with Crippen LogP contribution in [-0.2, 0) is 4.79 Å². The van der Waals surface area contributed by atoms with Gasteiger partial charge in [0.15, 0.2) is 0 Å². The zero-order valence-corrected chi connectivity index (χ0v) is 17.1. The molecule has 0 radical (unpaired) electrons. The fraction of sp³-hybridized carbons (Fsp3) is 0.200. The Morgan fingerprint density at radius 2 is 1.63 bits per heavy atom. The molecule has 0 spiro atoms. The normalized spacial score (nSPS) is 15.5. The van der Waals surface area contributed by atoms with Gasteiger partial charge >= 0.3 is 0 Å². The van der Waals surface area contributed by atoms with E-state index in [9.17, 15) is 4.79 Å². The molecule has 3 aromatic carbocycles. The maximum atomic E-state index is 12.7. The third-order valence-corrected chi connectivity index (χ3v) is 5.57. The van der Waals surface area contributed by atoms with Crippen LogP contribution in [0.3, 0.4) is 0 Å². The summed E-state index contributed by atoms with van der Waals surface area (Å²) in [6, 6.07) is 26.4. The monoisotopic (exact) mass is 416 g/mol. The van der Waals surface area contributed by atoms with Gasteiger partial charge in [-0.2, -0.15) is 5.26 Å². The van der Waals surface area contributed by atoms with Gasteiger partial charge in [-0.3, -0.25) is 4.79 Å². The van der Waals surface area contributed by atoms with Crippen LogP contribution in [0.15, 0.2) is 78.9 Å². The van der Waals surface area contributed by atoms with Gasteiger partial charge in [0.2, 0.25) is 5.91 Å². The topological polar surface area (TPSA) is 53.3 Å². The molecule has 1 amide bonds. The molecule has 0 saturated carbocycles. The van der Waals surface area contributed by atoms with Crippen molar-refractivity contribution in [3.05, 3.63) is 101 Å². The maximum absolute atomic E-state index is 12.7. The van der Waals surface area contributed by atoms with E-state index in [0.717, 1.165) is 17.5 Å². The molecule has 0 bridgehead atoms. The second-order valence-electron chi connectivity index (χ2n) is 7.27. The van der Waals surface area contributed by atoms with Gasteiger partial charge in [-0.05, 0) is 53.9 Å². The van der Waals surface area contributed by atoms with Crippen molar-refractivity contribution in [2.24, 2.45) is 0 Å². The van der Waals surface area contributed by atoms with Gasteiger partial charge in [0.25, 0.3) is 0 Å². The van der Waals surface area contributed by atoms with Crippen LogP contribution in [0.25, 0.3) is 0 Å². The molecule has 2 atom stereocenters. The van der Waals surface area contributed by atoms with Gasteiger partial charge in [-0.1, -0.05) is 54.1 Å². The van der Waals surface area contributed by atoms with E-state index >= 15 is 0 Å². The summed E-state index contributed by atoms with van der Waals surface area (Å²) in [5.74, 6) is 0.771. The first-order chi connectivity index (χ1) is 14.7. The highest BCUT2D eigenvalue weighted by Gasteiger charge is 2.37. The molecular formula is C25H21ClN2O2. The van der Waals surface area contributed by atoms with E-state index in [1.54, 1.807) is 24.3 Å². The van der Waals surface area contributed by atoms with E-state index in [4.69, 9.17) is 21.6 Å². The molecule has 150 valence electrons. The summed E-state index contributed by atoms with van der Waals surface area (Å²) in [4.78, 5) is 14.6. The van der Waals surface area contributed by atoms with Crippen molar-refractivity contribution in [2.45, 2.75) is 25.0 Å². The van der Waals surface area contributed by atoms with Crippen LogP contribution in [0.2, 0.25) is 5.02 Å². The van der Waals surface area contributed by atoms with Crippen LogP contribution >= 0.6 is 11.6 Å². The first-order valence-corrected chi connectivity index (χ1v) is 10.3. The molecule has 1 saturated heterocycles. The van der Waals surface area contributed by atoms with Gasteiger partial charge in [0.05, 0.1) is 17.7 Å². The van der Waals surface area contributed by atoms with Gasteiger partial charge in [-0.15, -0.1) is 0 Å². The quantitative estimate of drug-likeness (QED) is 0.518. The third kappa shape index (κ3) is 4.32. The van der Waals surface area contributed by atoms with Crippen LogP contribution < -0.4 is 4.74 Å². The van der Waals surface area contributed by atoms with Crippen molar-refractivity contribution in [2.75, 3.05) is 6.54 Å². The highest BCUT2D eigenvalue weighted by atomic mass is 35.5. The second-order valence-corrected chi connectivity index (χ2v) is 7.71. The summed E-state index contributed by atoms with van der Waals surface area (Å²) >= 11 is 6.12. The van der Waals surface area contributed by atoms with Crippen LogP contribution in [-0.4, -0.2) is 17.4 Å². The van der Waals surface area contributed by atoms with E-state index in [1.807, 2.05) is 59.5 Å². The molecule has 0 unspecified atom stereocenters. The minimum atomic E-state index is -0.431. The molecule has 5 heteroatoms. The number of amides is 1. The average Bonchev–Trinajstić information content (AvgIpc) is 3.20. The standard InChI is InChI=1S/C25H21ClN2O2/c26-21-12-10-20(11-13-21)25(30-22-14-8-18(17-27)9-15-22)24(19-5-2-1-3-6-19)28-16-4-7-23(28)29/h1-3,5-6,8-15,24-25H,4,7,16H2/t24-,25+/m1/s1. The van der Waals surface area contributed by atoms with Crippen molar-refractivity contribution in [3.8, 4) is 11.8 Å². The maximum Gasteiger partial charge on any atom is 0.223 e. The van der Waals surface area contributed by atoms with E-state index < -0.39 is 6.10 Å². The highest BCUT2D eigenvalue weighted by Crippen LogP contribution is 2.40. The average molecular weight is 417 g/mol. The van der Waals surface area contributed by atoms with E-state index in [0.29, 0.717) is 29.3 Å². The zero-order valence-electron chi connectivity index (χ0n) is 16.4. The van der Waals surface area contributed by atoms with Crippen molar-refractivity contribution >= 4 is 17.5 Å². The molecule has 4 nitrogen and oxygen atoms in total. The number of carbonyl (C=O) groups is 1. The van der Waals surface area contributed by atoms with E-state index in [-0.39, 0.29) is 11.9 Å². The lowest BCUT2D eigenvalue weighted by Crippen LogP contribution is -2.36. The fourth-order valence-electron chi connectivity index (χ4n) is 3.85. The Labute approximate surface area is 181 Å². The molecule has 1 fully saturated rings. The molecule has 1 aliphatic rings. The summed E-state index contributed by atoms with van der Waals surface area (Å²) < 4.78 is 6.47. The summed E-state index contributed by atoms with van der Waals surface area (Å²) in [5, 5.41) is 9.72. The number of halogens is 1. The zero-order chi connectivity index (χ0) is 20.9. The SMILES string of the molecule is N#Cc1ccc(O[C@@H](c2ccc(Cl)cc2)[C@@H](c2ccccc2)N2CCCC2=O)cc1. The van der Waals surface area contributed by atoms with Crippen molar-refractivity contribution in [1.82, 2.24) is 4.90 Å². The van der Waals surface area contributed by atoms with Crippen LogP contribution in [0.5, 0.6) is 5.75 Å². The summed E-state index contributed by atoms with van der Waals surface area (Å²) in [7, 11) is 0. The summed E-state index contributed by atoms with van der Waals surface area (Å²) in [6.45, 7) is 0.694. The first-order valence-electron chi connectivity index (χ1n) is 9.92. The Hall–Kier alpha value is -3.29. The van der Waals surface area contributed by atoms with Crippen molar-refractivity contribution in [1.29, 1.82) is 5.26 Å². The second kappa shape index (κ2) is 9.02. The summed E-state index contributed by atoms with van der Waals surface area (Å²) in [6.07, 6.45) is 0.958. The number of carbonyl (C=O) groups excluding carboxylic acids is 1. The molecule has 4 rings (SSSR count). The summed E-state index contributed by atoms with van der Waals surface area (Å²) in [5.41, 5.74) is 2.51. The third-order valence-electron chi connectivity index (χ3n) is 5.32. The molecule has 0 aromatic heterocycles. The van der Waals surface area contributed by atoms with Gasteiger partial charge in [0.1, 0.15) is 11.9 Å². The minimum absolute atomic E-state index is 0.131. The molecule has 30 heavy (non-hydrogen) atoms. The van der Waals surface area contributed by atoms with Gasteiger partial charge < -0.3 is 9.64 Å². The molecule has 0 N–H and O–H groups in total. The largest absolute Gasteiger partial charge is 0.483 e. The number of hydrogen-bond donors (Lipinski definition) is 0. The lowest BCUT2D eigenvalue weighted by molar-refractivity contribution is -0.131. The molecular weight excluding hydrogens is 396 g/mol. The Balaban J connectivity index is 1.79. The van der Waals surface area contributed by atoms with E-state index in [2.05, 4.69) is 6.07 Å². The minimum Gasteiger partial charge on any atom is -0.483 e. The fourth-order valence-corrected chi connectivity index (χ4v) is 3.98. The Morgan fingerprint density at radius 1 is 0.933 bits per heavy atom. The molecule has 3 aromatic rings. The molecule has 0 aliphatic carbocycles. The van der Waals surface area contributed by atoms with E-state index in [1.165, 1.54) is 0 Å². The Morgan fingerprint density at radius 3 is 2.23 bits per heavy atom. The van der Waals surface area contributed by atoms with Crippen LogP contribution in [0.1, 0.15) is 41.7 Å². The molecule has 1 aliphatic heterocycles. The van der Waals surface area contributed by atoms with Crippen molar-refractivity contribution < 1.29 is 9.53 Å². The Kier molecular flexibility index (Phi) is 6.02. The highest BCUT2D eigenvalue weighted by molar-refractivity contribution is 6.30. The smallest absolute Gasteiger partial charge is 0.223 e. The first kappa shape index (κ1) is 20.0.